The van der Waals surface area contributed by atoms with Crippen molar-refractivity contribution < 1.29 is 17.9 Å². The molecule has 0 aliphatic rings. The van der Waals surface area contributed by atoms with Crippen molar-refractivity contribution in [3.8, 4) is 0 Å². The minimum Gasteiger partial charge on any atom is -0.393 e. The Bertz CT molecular complexity index is 507. The predicted molar refractivity (Wildman–Crippen MR) is 67.5 cm³/mol. The molecular formula is C11H15ClFNO3S. The fourth-order valence-corrected chi connectivity index (χ4v) is 2.88. The van der Waals surface area contributed by atoms with Gasteiger partial charge in [-0.1, -0.05) is 18.5 Å². The van der Waals surface area contributed by atoms with Crippen LogP contribution >= 0.6 is 11.6 Å². The van der Waals surface area contributed by atoms with Gasteiger partial charge in [0, 0.05) is 6.54 Å². The van der Waals surface area contributed by atoms with Crippen molar-refractivity contribution >= 4 is 21.6 Å². The van der Waals surface area contributed by atoms with Crippen LogP contribution < -0.4 is 4.72 Å². The fourth-order valence-electron chi connectivity index (χ4n) is 1.32. The lowest BCUT2D eigenvalue weighted by molar-refractivity contribution is 0.162. The van der Waals surface area contributed by atoms with Crippen LogP contribution in [0.15, 0.2) is 23.1 Å². The molecule has 0 bridgehead atoms. The Morgan fingerprint density at radius 3 is 2.78 bits per heavy atom. The zero-order chi connectivity index (χ0) is 13.8. The zero-order valence-electron chi connectivity index (χ0n) is 9.86. The van der Waals surface area contributed by atoms with E-state index in [1.165, 1.54) is 6.07 Å². The van der Waals surface area contributed by atoms with Crippen LogP contribution in [0.3, 0.4) is 0 Å². The number of benzene rings is 1. The first-order chi connectivity index (χ1) is 8.36. The standard InChI is InChI=1S/C11H15ClFNO3S/c1-2-9(15)5-6-14-18(16,17)11-7-8(13)3-4-10(11)12/h3-4,7,9,14-15H,2,5-6H2,1H3. The first kappa shape index (κ1) is 15.4. The van der Waals surface area contributed by atoms with Gasteiger partial charge >= 0.3 is 0 Å². The highest BCUT2D eigenvalue weighted by Crippen LogP contribution is 2.21. The first-order valence-electron chi connectivity index (χ1n) is 5.49. The maximum absolute atomic E-state index is 13.0. The summed E-state index contributed by atoms with van der Waals surface area (Å²) < 4.78 is 38.9. The number of aliphatic hydroxyl groups is 1. The highest BCUT2D eigenvalue weighted by Gasteiger charge is 2.18. The third-order valence-corrected chi connectivity index (χ3v) is 4.37. The number of rotatable bonds is 6. The van der Waals surface area contributed by atoms with Crippen molar-refractivity contribution in [3.05, 3.63) is 29.0 Å². The van der Waals surface area contributed by atoms with Gasteiger partial charge in [-0.2, -0.15) is 0 Å². The number of sulfonamides is 1. The first-order valence-corrected chi connectivity index (χ1v) is 7.35. The lowest BCUT2D eigenvalue weighted by atomic mass is 10.2. The Kier molecular flexibility index (Phi) is 5.52. The average Bonchev–Trinajstić information content (AvgIpc) is 2.31. The van der Waals surface area contributed by atoms with Crippen molar-refractivity contribution in [2.24, 2.45) is 0 Å². The summed E-state index contributed by atoms with van der Waals surface area (Å²) in [5, 5.41) is 9.26. The van der Waals surface area contributed by atoms with Gasteiger partial charge in [-0.25, -0.2) is 17.5 Å². The third-order valence-electron chi connectivity index (χ3n) is 2.42. The number of hydrogen-bond donors (Lipinski definition) is 2. The Hall–Kier alpha value is -0.690. The summed E-state index contributed by atoms with van der Waals surface area (Å²) in [5.41, 5.74) is 0. The van der Waals surface area contributed by atoms with E-state index < -0.39 is 21.9 Å². The highest BCUT2D eigenvalue weighted by atomic mass is 35.5. The van der Waals surface area contributed by atoms with Crippen molar-refractivity contribution in [2.75, 3.05) is 6.54 Å². The summed E-state index contributed by atoms with van der Waals surface area (Å²) in [6.07, 6.45) is 0.279. The Balaban J connectivity index is 2.77. The summed E-state index contributed by atoms with van der Waals surface area (Å²) in [6.45, 7) is 1.87. The molecule has 0 aliphatic heterocycles. The van der Waals surface area contributed by atoms with E-state index in [1.807, 2.05) is 0 Å². The largest absolute Gasteiger partial charge is 0.393 e. The fraction of sp³-hybridized carbons (Fsp3) is 0.455. The van der Waals surface area contributed by atoms with E-state index in [1.54, 1.807) is 6.92 Å². The van der Waals surface area contributed by atoms with Gasteiger partial charge < -0.3 is 5.11 Å². The van der Waals surface area contributed by atoms with E-state index in [-0.39, 0.29) is 16.5 Å². The van der Waals surface area contributed by atoms with Crippen molar-refractivity contribution in [1.82, 2.24) is 4.72 Å². The molecule has 0 aromatic heterocycles. The van der Waals surface area contributed by atoms with Crippen LogP contribution in [0.4, 0.5) is 4.39 Å². The smallest absolute Gasteiger partial charge is 0.242 e. The summed E-state index contributed by atoms with van der Waals surface area (Å²) in [7, 11) is -3.85. The maximum atomic E-state index is 13.0. The molecule has 102 valence electrons. The predicted octanol–water partition coefficient (Wildman–Crippen LogP) is 1.92. The summed E-state index contributed by atoms with van der Waals surface area (Å²) in [5.74, 6) is -0.673. The lowest BCUT2D eigenvalue weighted by Gasteiger charge is -2.10. The SMILES string of the molecule is CCC(O)CCNS(=O)(=O)c1cc(F)ccc1Cl. The Morgan fingerprint density at radius 1 is 1.50 bits per heavy atom. The van der Waals surface area contributed by atoms with E-state index in [0.717, 1.165) is 12.1 Å². The van der Waals surface area contributed by atoms with Crippen LogP contribution in [0, 0.1) is 5.82 Å². The van der Waals surface area contributed by atoms with Crippen molar-refractivity contribution in [1.29, 1.82) is 0 Å². The molecule has 1 atom stereocenters. The Labute approximate surface area is 111 Å². The average molecular weight is 296 g/mol. The number of aliphatic hydroxyl groups excluding tert-OH is 1. The molecule has 18 heavy (non-hydrogen) atoms. The van der Waals surface area contributed by atoms with E-state index in [2.05, 4.69) is 4.72 Å². The highest BCUT2D eigenvalue weighted by molar-refractivity contribution is 7.89. The van der Waals surface area contributed by atoms with E-state index >= 15 is 0 Å². The molecule has 0 radical (unpaired) electrons. The minimum absolute atomic E-state index is 0.0417. The van der Waals surface area contributed by atoms with Crippen LogP contribution in [0.2, 0.25) is 5.02 Å². The van der Waals surface area contributed by atoms with Gasteiger partial charge in [-0.3, -0.25) is 0 Å². The zero-order valence-corrected chi connectivity index (χ0v) is 11.4. The quantitative estimate of drug-likeness (QED) is 0.842. The normalized spacial score (nSPS) is 13.6. The molecule has 0 heterocycles. The molecule has 0 amide bonds. The van der Waals surface area contributed by atoms with Crippen LogP contribution in [-0.2, 0) is 10.0 Å². The Morgan fingerprint density at radius 2 is 2.17 bits per heavy atom. The lowest BCUT2D eigenvalue weighted by Crippen LogP contribution is -2.27. The molecule has 1 rings (SSSR count). The summed E-state index contributed by atoms with van der Waals surface area (Å²) in [6, 6.07) is 3.13. The molecule has 0 aliphatic carbocycles. The summed E-state index contributed by atoms with van der Waals surface area (Å²) in [4.78, 5) is -0.296. The second-order valence-electron chi connectivity index (χ2n) is 3.82. The number of nitrogens with one attached hydrogen (secondary N) is 1. The number of halogens is 2. The molecule has 7 heteroatoms. The van der Waals surface area contributed by atoms with Crippen LogP contribution in [-0.4, -0.2) is 26.2 Å². The second-order valence-corrected chi connectivity index (χ2v) is 5.97. The van der Waals surface area contributed by atoms with E-state index in [9.17, 15) is 17.9 Å². The molecule has 1 aromatic rings. The minimum atomic E-state index is -3.85. The van der Waals surface area contributed by atoms with Gasteiger partial charge in [0.05, 0.1) is 11.1 Å². The van der Waals surface area contributed by atoms with Gasteiger partial charge in [0.15, 0.2) is 0 Å². The van der Waals surface area contributed by atoms with Crippen molar-refractivity contribution in [2.45, 2.75) is 30.8 Å². The molecule has 1 aromatic carbocycles. The molecule has 0 fully saturated rings. The van der Waals surface area contributed by atoms with Crippen molar-refractivity contribution in [3.63, 3.8) is 0 Å². The van der Waals surface area contributed by atoms with Gasteiger partial charge in [0.25, 0.3) is 0 Å². The topological polar surface area (TPSA) is 66.4 Å². The van der Waals surface area contributed by atoms with Crippen LogP contribution in [0.25, 0.3) is 0 Å². The molecule has 0 saturated heterocycles. The molecule has 4 nitrogen and oxygen atoms in total. The second kappa shape index (κ2) is 6.47. The molecule has 1 unspecified atom stereocenters. The van der Waals surface area contributed by atoms with Crippen LogP contribution in [0.5, 0.6) is 0 Å². The van der Waals surface area contributed by atoms with Gasteiger partial charge in [-0.15, -0.1) is 0 Å². The maximum Gasteiger partial charge on any atom is 0.242 e. The molecule has 0 spiro atoms. The van der Waals surface area contributed by atoms with Gasteiger partial charge in [0.1, 0.15) is 10.7 Å². The molecule has 0 saturated carbocycles. The van der Waals surface area contributed by atoms with Gasteiger partial charge in [0.2, 0.25) is 10.0 Å². The molecule has 2 N–H and O–H groups in total. The molecular weight excluding hydrogens is 281 g/mol. The van der Waals surface area contributed by atoms with E-state index in [4.69, 9.17) is 11.6 Å². The van der Waals surface area contributed by atoms with Gasteiger partial charge in [-0.05, 0) is 31.0 Å². The van der Waals surface area contributed by atoms with E-state index in [0.29, 0.717) is 12.8 Å². The van der Waals surface area contributed by atoms with Crippen LogP contribution in [0.1, 0.15) is 19.8 Å². The monoisotopic (exact) mass is 295 g/mol. The number of hydrogen-bond acceptors (Lipinski definition) is 3. The third kappa shape index (κ3) is 4.20. The summed E-state index contributed by atoms with van der Waals surface area (Å²) >= 11 is 5.71.